The molecule has 0 radical (unpaired) electrons. The molecule has 1 aliphatic rings. The number of anilines is 1. The molecule has 0 saturated heterocycles. The molecule has 0 spiro atoms. The van der Waals surface area contributed by atoms with E-state index in [1.165, 1.54) is 22.8 Å². The minimum Gasteiger partial charge on any atom is -0.338 e. The molecule has 0 unspecified atom stereocenters. The lowest BCUT2D eigenvalue weighted by Crippen LogP contribution is -2.35. The standard InChI is InChI=1S/C21H18F2N4O/c1-26-20(28)12-19(14-6-8-24-9-7-14)25-21(26)27-10-2-3-15(13-27)17-5-4-16(22)11-18(17)23/h3-9,11-12H,2,10,13H2,1H3. The Bertz CT molecular complexity index is 1110. The molecule has 0 aliphatic carbocycles. The van der Waals surface area contributed by atoms with Crippen molar-refractivity contribution in [2.45, 2.75) is 6.42 Å². The van der Waals surface area contributed by atoms with Gasteiger partial charge in [-0.2, -0.15) is 0 Å². The van der Waals surface area contributed by atoms with Crippen molar-refractivity contribution in [2.24, 2.45) is 7.05 Å². The molecule has 4 rings (SSSR count). The molecule has 28 heavy (non-hydrogen) atoms. The van der Waals surface area contributed by atoms with Crippen LogP contribution < -0.4 is 10.5 Å². The molecule has 0 fully saturated rings. The van der Waals surface area contributed by atoms with Crippen LogP contribution in [0.15, 0.2) is 59.7 Å². The summed E-state index contributed by atoms with van der Waals surface area (Å²) in [7, 11) is 1.66. The van der Waals surface area contributed by atoms with Crippen molar-refractivity contribution in [3.8, 4) is 11.3 Å². The summed E-state index contributed by atoms with van der Waals surface area (Å²) in [4.78, 5) is 23.1. The highest BCUT2D eigenvalue weighted by molar-refractivity contribution is 5.71. The molecule has 142 valence electrons. The number of hydrogen-bond acceptors (Lipinski definition) is 4. The summed E-state index contributed by atoms with van der Waals surface area (Å²) in [6.07, 6.45) is 5.90. The third-order valence-corrected chi connectivity index (χ3v) is 4.80. The first-order valence-corrected chi connectivity index (χ1v) is 8.91. The average molecular weight is 380 g/mol. The van der Waals surface area contributed by atoms with E-state index < -0.39 is 11.6 Å². The molecule has 0 atom stereocenters. The van der Waals surface area contributed by atoms with Gasteiger partial charge in [-0.15, -0.1) is 0 Å². The van der Waals surface area contributed by atoms with Crippen molar-refractivity contribution in [3.63, 3.8) is 0 Å². The van der Waals surface area contributed by atoms with Crippen LogP contribution in [0.3, 0.4) is 0 Å². The fourth-order valence-electron chi connectivity index (χ4n) is 3.34. The lowest BCUT2D eigenvalue weighted by molar-refractivity contribution is 0.580. The van der Waals surface area contributed by atoms with E-state index in [0.717, 1.165) is 17.2 Å². The molecule has 0 saturated carbocycles. The van der Waals surface area contributed by atoms with Gasteiger partial charge in [0.2, 0.25) is 5.95 Å². The first kappa shape index (κ1) is 18.0. The zero-order valence-corrected chi connectivity index (χ0v) is 15.3. The lowest BCUT2D eigenvalue weighted by Gasteiger charge is -2.30. The largest absolute Gasteiger partial charge is 0.338 e. The SMILES string of the molecule is Cn1c(N2CCC=C(c3ccc(F)cc3F)C2)nc(-c2ccncc2)cc1=O. The van der Waals surface area contributed by atoms with Gasteiger partial charge in [0, 0.05) is 55.8 Å². The van der Waals surface area contributed by atoms with Crippen molar-refractivity contribution in [1.82, 2.24) is 14.5 Å². The van der Waals surface area contributed by atoms with Crippen LogP contribution in [0.2, 0.25) is 0 Å². The Balaban J connectivity index is 1.71. The van der Waals surface area contributed by atoms with Crippen LogP contribution in [-0.4, -0.2) is 27.6 Å². The van der Waals surface area contributed by atoms with Gasteiger partial charge in [-0.3, -0.25) is 14.3 Å². The van der Waals surface area contributed by atoms with Gasteiger partial charge in [-0.1, -0.05) is 6.08 Å². The zero-order chi connectivity index (χ0) is 19.7. The Morgan fingerprint density at radius 1 is 1.07 bits per heavy atom. The highest BCUT2D eigenvalue weighted by Crippen LogP contribution is 2.27. The van der Waals surface area contributed by atoms with Crippen LogP contribution in [0.4, 0.5) is 14.7 Å². The molecule has 7 heteroatoms. The minimum absolute atomic E-state index is 0.180. The van der Waals surface area contributed by atoms with E-state index in [4.69, 9.17) is 0 Å². The maximum atomic E-state index is 14.2. The van der Waals surface area contributed by atoms with E-state index in [-0.39, 0.29) is 5.56 Å². The Hall–Kier alpha value is -3.35. The maximum Gasteiger partial charge on any atom is 0.255 e. The van der Waals surface area contributed by atoms with Crippen LogP contribution in [0.25, 0.3) is 16.8 Å². The van der Waals surface area contributed by atoms with Gasteiger partial charge in [-0.05, 0) is 36.3 Å². The summed E-state index contributed by atoms with van der Waals surface area (Å²) < 4.78 is 28.9. The predicted octanol–water partition coefficient (Wildman–Crippen LogP) is 3.41. The highest BCUT2D eigenvalue weighted by atomic mass is 19.1. The summed E-state index contributed by atoms with van der Waals surface area (Å²) in [5.74, 6) is -0.698. The third-order valence-electron chi connectivity index (χ3n) is 4.80. The van der Waals surface area contributed by atoms with Crippen molar-refractivity contribution in [1.29, 1.82) is 0 Å². The van der Waals surface area contributed by atoms with Crippen LogP contribution in [-0.2, 0) is 7.05 Å². The number of halogens is 2. The molecular formula is C21H18F2N4O. The van der Waals surface area contributed by atoms with Gasteiger partial charge in [0.25, 0.3) is 5.56 Å². The second-order valence-corrected chi connectivity index (χ2v) is 6.64. The van der Waals surface area contributed by atoms with E-state index in [1.807, 2.05) is 11.0 Å². The van der Waals surface area contributed by atoms with Crippen LogP contribution in [0.5, 0.6) is 0 Å². The van der Waals surface area contributed by atoms with E-state index in [9.17, 15) is 13.6 Å². The molecule has 0 amide bonds. The smallest absolute Gasteiger partial charge is 0.255 e. The molecule has 1 aliphatic heterocycles. The van der Waals surface area contributed by atoms with E-state index in [0.29, 0.717) is 36.7 Å². The van der Waals surface area contributed by atoms with E-state index >= 15 is 0 Å². The Morgan fingerprint density at radius 3 is 2.61 bits per heavy atom. The quantitative estimate of drug-likeness (QED) is 0.699. The maximum absolute atomic E-state index is 14.2. The molecule has 5 nitrogen and oxygen atoms in total. The van der Waals surface area contributed by atoms with Crippen molar-refractivity contribution in [2.75, 3.05) is 18.0 Å². The number of hydrogen-bond donors (Lipinski definition) is 0. The van der Waals surface area contributed by atoms with Gasteiger partial charge < -0.3 is 4.90 Å². The first-order valence-electron chi connectivity index (χ1n) is 8.91. The number of rotatable bonds is 3. The van der Waals surface area contributed by atoms with Crippen molar-refractivity contribution < 1.29 is 8.78 Å². The van der Waals surface area contributed by atoms with E-state index in [1.54, 1.807) is 31.6 Å². The lowest BCUT2D eigenvalue weighted by atomic mass is 10.0. The fourth-order valence-corrected chi connectivity index (χ4v) is 3.34. The fraction of sp³-hybridized carbons (Fsp3) is 0.190. The van der Waals surface area contributed by atoms with Gasteiger partial charge in [-0.25, -0.2) is 13.8 Å². The third kappa shape index (κ3) is 3.43. The molecule has 0 bridgehead atoms. The summed E-state index contributed by atoms with van der Waals surface area (Å²) in [5.41, 5.74) is 2.28. The highest BCUT2D eigenvalue weighted by Gasteiger charge is 2.21. The summed E-state index contributed by atoms with van der Waals surface area (Å²) in [6.45, 7) is 1.02. The Labute approximate surface area is 160 Å². The van der Waals surface area contributed by atoms with Crippen LogP contribution in [0, 0.1) is 11.6 Å². The summed E-state index contributed by atoms with van der Waals surface area (Å²) in [6, 6.07) is 8.64. The van der Waals surface area contributed by atoms with Crippen LogP contribution in [0.1, 0.15) is 12.0 Å². The molecule has 0 N–H and O–H groups in total. The van der Waals surface area contributed by atoms with E-state index in [2.05, 4.69) is 9.97 Å². The minimum atomic E-state index is -0.608. The second-order valence-electron chi connectivity index (χ2n) is 6.64. The number of aromatic nitrogens is 3. The normalized spacial score (nSPS) is 14.1. The molecule has 2 aromatic heterocycles. The predicted molar refractivity (Wildman–Crippen MR) is 104 cm³/mol. The number of nitrogens with zero attached hydrogens (tertiary/aromatic N) is 4. The Morgan fingerprint density at radius 2 is 1.86 bits per heavy atom. The summed E-state index contributed by atoms with van der Waals surface area (Å²) >= 11 is 0. The summed E-state index contributed by atoms with van der Waals surface area (Å²) in [5, 5.41) is 0. The molecule has 1 aromatic carbocycles. The van der Waals surface area contributed by atoms with Gasteiger partial charge >= 0.3 is 0 Å². The number of benzene rings is 1. The second kappa shape index (κ2) is 7.34. The number of pyridine rings is 1. The molecule has 3 aromatic rings. The van der Waals surface area contributed by atoms with Gasteiger partial charge in [0.1, 0.15) is 11.6 Å². The molecule has 3 heterocycles. The average Bonchev–Trinajstić information content (AvgIpc) is 2.70. The van der Waals surface area contributed by atoms with Gasteiger partial charge in [0.15, 0.2) is 0 Å². The topological polar surface area (TPSA) is 51.0 Å². The monoisotopic (exact) mass is 380 g/mol. The van der Waals surface area contributed by atoms with Gasteiger partial charge in [0.05, 0.1) is 5.69 Å². The Kier molecular flexibility index (Phi) is 4.73. The van der Waals surface area contributed by atoms with Crippen molar-refractivity contribution >= 4 is 11.5 Å². The van der Waals surface area contributed by atoms with Crippen molar-refractivity contribution in [3.05, 3.63) is 82.4 Å². The first-order chi connectivity index (χ1) is 13.5. The zero-order valence-electron chi connectivity index (χ0n) is 15.3. The molecular weight excluding hydrogens is 362 g/mol. The van der Waals surface area contributed by atoms with Crippen LogP contribution >= 0.6 is 0 Å².